The number of aryl methyl sites for hydroxylation is 2. The molecule has 0 atom stereocenters. The van der Waals surface area contributed by atoms with Crippen molar-refractivity contribution in [2.45, 2.75) is 55.6 Å². The summed E-state index contributed by atoms with van der Waals surface area (Å²) in [7, 11) is 0. The molecule has 0 spiro atoms. The van der Waals surface area contributed by atoms with Crippen molar-refractivity contribution in [1.82, 2.24) is 4.90 Å². The minimum Gasteiger partial charge on any atom is -0.378 e. The van der Waals surface area contributed by atoms with Crippen molar-refractivity contribution in [3.63, 3.8) is 0 Å². The number of hydrogen-bond donors (Lipinski definition) is 1. The maximum absolute atomic E-state index is 12.9. The lowest BCUT2D eigenvalue weighted by atomic mass is 9.79. The summed E-state index contributed by atoms with van der Waals surface area (Å²) < 4.78 is -0.328. The van der Waals surface area contributed by atoms with Crippen LogP contribution in [0.15, 0.2) is 48.5 Å². The van der Waals surface area contributed by atoms with Gasteiger partial charge in [-0.2, -0.15) is 0 Å². The Bertz CT molecular complexity index is 919. The molecule has 0 bridgehead atoms. The topological polar surface area (TPSA) is 23.5 Å². The van der Waals surface area contributed by atoms with Gasteiger partial charge in [-0.25, -0.2) is 0 Å². The van der Waals surface area contributed by atoms with Crippen LogP contribution in [-0.4, -0.2) is 45.2 Å². The van der Waals surface area contributed by atoms with Crippen molar-refractivity contribution in [2.75, 3.05) is 31.1 Å². The Balaban J connectivity index is 1.74. The fraction of sp³-hybridized carbons (Fsp3) is 0.500. The first-order chi connectivity index (χ1) is 15.6. The predicted octanol–water partition coefficient (Wildman–Crippen LogP) is 5.71. The second kappa shape index (κ2) is 10.7. The SMILES string of the molecule is CCN(CC)CC#CCCC1(C2(O)c3ccccc3CCc3ccccc32)SCCCS1. The number of fused-ring (bicyclic) bond motifs is 2. The molecular formula is C28H35NOS2. The van der Waals surface area contributed by atoms with Gasteiger partial charge in [-0.3, -0.25) is 4.90 Å². The zero-order valence-corrected chi connectivity index (χ0v) is 21.0. The summed E-state index contributed by atoms with van der Waals surface area (Å²) in [6.07, 6.45) is 4.85. The van der Waals surface area contributed by atoms with Crippen LogP contribution in [-0.2, 0) is 18.4 Å². The Morgan fingerprint density at radius 3 is 2.00 bits per heavy atom. The first-order valence-corrected chi connectivity index (χ1v) is 14.0. The number of benzene rings is 2. The lowest BCUT2D eigenvalue weighted by molar-refractivity contribution is 0.0637. The lowest BCUT2D eigenvalue weighted by Crippen LogP contribution is -2.50. The average Bonchev–Trinajstić information content (AvgIpc) is 2.98. The van der Waals surface area contributed by atoms with Crippen LogP contribution >= 0.6 is 23.5 Å². The van der Waals surface area contributed by atoms with E-state index in [2.05, 4.69) is 79.1 Å². The Labute approximate surface area is 202 Å². The quantitative estimate of drug-likeness (QED) is 0.552. The molecule has 0 aromatic heterocycles. The van der Waals surface area contributed by atoms with Gasteiger partial charge in [0.2, 0.25) is 0 Å². The molecule has 1 aliphatic heterocycles. The van der Waals surface area contributed by atoms with Crippen molar-refractivity contribution in [1.29, 1.82) is 0 Å². The smallest absolute Gasteiger partial charge is 0.139 e. The third kappa shape index (κ3) is 4.50. The number of thioether (sulfide) groups is 2. The molecule has 1 aliphatic carbocycles. The van der Waals surface area contributed by atoms with E-state index in [0.717, 1.165) is 68.0 Å². The van der Waals surface area contributed by atoms with Crippen LogP contribution in [0.5, 0.6) is 0 Å². The van der Waals surface area contributed by atoms with Crippen LogP contribution in [0, 0.1) is 11.8 Å². The highest BCUT2D eigenvalue weighted by molar-refractivity contribution is 8.18. The maximum atomic E-state index is 12.9. The molecule has 4 heteroatoms. The van der Waals surface area contributed by atoms with Gasteiger partial charge in [0.05, 0.1) is 10.6 Å². The van der Waals surface area contributed by atoms with Gasteiger partial charge in [-0.1, -0.05) is 68.3 Å². The molecule has 2 aromatic rings. The van der Waals surface area contributed by atoms with E-state index in [1.165, 1.54) is 17.5 Å². The highest BCUT2D eigenvalue weighted by atomic mass is 32.2. The summed E-state index contributed by atoms with van der Waals surface area (Å²) >= 11 is 3.92. The summed E-state index contributed by atoms with van der Waals surface area (Å²) in [6.45, 7) is 7.27. The molecular weight excluding hydrogens is 430 g/mol. The number of hydrogen-bond acceptors (Lipinski definition) is 4. The fourth-order valence-corrected chi connectivity index (χ4v) is 8.65. The molecule has 32 heavy (non-hydrogen) atoms. The monoisotopic (exact) mass is 465 g/mol. The van der Waals surface area contributed by atoms with E-state index in [1.54, 1.807) is 0 Å². The summed E-state index contributed by atoms with van der Waals surface area (Å²) in [5.74, 6) is 9.01. The molecule has 2 aromatic carbocycles. The van der Waals surface area contributed by atoms with Crippen LogP contribution in [0.25, 0.3) is 0 Å². The van der Waals surface area contributed by atoms with Gasteiger partial charge in [0.1, 0.15) is 5.60 Å². The summed E-state index contributed by atoms with van der Waals surface area (Å²) in [5, 5.41) is 12.9. The zero-order valence-electron chi connectivity index (χ0n) is 19.4. The third-order valence-corrected chi connectivity index (χ3v) is 10.5. The van der Waals surface area contributed by atoms with E-state index in [4.69, 9.17) is 0 Å². The van der Waals surface area contributed by atoms with Gasteiger partial charge in [0, 0.05) is 6.42 Å². The van der Waals surface area contributed by atoms with Gasteiger partial charge in [-0.15, -0.1) is 29.4 Å². The first kappa shape index (κ1) is 23.8. The van der Waals surface area contributed by atoms with Gasteiger partial charge in [0.15, 0.2) is 0 Å². The van der Waals surface area contributed by atoms with E-state index < -0.39 is 5.60 Å². The zero-order chi connectivity index (χ0) is 22.4. The molecule has 1 saturated heterocycles. The van der Waals surface area contributed by atoms with Crippen molar-refractivity contribution < 1.29 is 5.11 Å². The predicted molar refractivity (Wildman–Crippen MR) is 140 cm³/mol. The number of aliphatic hydroxyl groups is 1. The third-order valence-electron chi connectivity index (χ3n) is 6.89. The number of rotatable bonds is 6. The Morgan fingerprint density at radius 1 is 0.875 bits per heavy atom. The summed E-state index contributed by atoms with van der Waals surface area (Å²) in [6, 6.07) is 17.2. The molecule has 1 heterocycles. The minimum absolute atomic E-state index is 0.328. The molecule has 2 aliphatic rings. The van der Waals surface area contributed by atoms with Crippen molar-refractivity contribution in [3.05, 3.63) is 70.8 Å². The van der Waals surface area contributed by atoms with Crippen molar-refractivity contribution >= 4 is 23.5 Å². The highest BCUT2D eigenvalue weighted by Gasteiger charge is 2.55. The van der Waals surface area contributed by atoms with E-state index in [-0.39, 0.29) is 4.08 Å². The largest absolute Gasteiger partial charge is 0.378 e. The second-order valence-corrected chi connectivity index (χ2v) is 11.7. The van der Waals surface area contributed by atoms with Gasteiger partial charge in [-0.05, 0) is 72.5 Å². The van der Waals surface area contributed by atoms with Crippen molar-refractivity contribution in [2.24, 2.45) is 0 Å². The van der Waals surface area contributed by atoms with Crippen LogP contribution in [0.4, 0.5) is 0 Å². The maximum Gasteiger partial charge on any atom is 0.139 e. The van der Waals surface area contributed by atoms with Crippen molar-refractivity contribution in [3.8, 4) is 11.8 Å². The molecule has 0 radical (unpaired) electrons. The standard InChI is InChI=1S/C28H35NOS2/c1-3-29(4-2)20-11-5-10-19-27(31-21-12-22-32-27)28(30)25-15-8-6-13-23(25)17-18-24-14-7-9-16-26(24)28/h6-9,13-16,30H,3-4,10,12,17-22H2,1-2H3. The first-order valence-electron chi connectivity index (χ1n) is 12.0. The van der Waals surface area contributed by atoms with Gasteiger partial charge < -0.3 is 5.11 Å². The van der Waals surface area contributed by atoms with E-state index in [1.807, 2.05) is 23.5 Å². The fourth-order valence-electron chi connectivity index (χ4n) is 5.05. The molecule has 2 nitrogen and oxygen atoms in total. The van der Waals surface area contributed by atoms with Crippen LogP contribution in [0.3, 0.4) is 0 Å². The van der Waals surface area contributed by atoms with Crippen LogP contribution in [0.2, 0.25) is 0 Å². The van der Waals surface area contributed by atoms with E-state index in [9.17, 15) is 5.11 Å². The van der Waals surface area contributed by atoms with Crippen LogP contribution < -0.4 is 0 Å². The Kier molecular flexibility index (Phi) is 7.95. The lowest BCUT2D eigenvalue weighted by Gasteiger charge is -2.49. The number of nitrogens with zero attached hydrogens (tertiary/aromatic N) is 1. The molecule has 170 valence electrons. The second-order valence-electron chi connectivity index (χ2n) is 8.64. The molecule has 0 amide bonds. The molecule has 4 rings (SSSR count). The molecule has 0 unspecified atom stereocenters. The minimum atomic E-state index is -1.02. The summed E-state index contributed by atoms with van der Waals surface area (Å²) in [5.41, 5.74) is 3.74. The Morgan fingerprint density at radius 2 is 1.44 bits per heavy atom. The Hall–Kier alpha value is -1.38. The molecule has 1 fully saturated rings. The average molecular weight is 466 g/mol. The van der Waals surface area contributed by atoms with E-state index >= 15 is 0 Å². The van der Waals surface area contributed by atoms with Crippen LogP contribution in [0.1, 0.15) is 55.4 Å². The normalized spacial score (nSPS) is 18.8. The highest BCUT2D eigenvalue weighted by Crippen LogP contribution is 2.60. The molecule has 0 saturated carbocycles. The van der Waals surface area contributed by atoms with Gasteiger partial charge in [0.25, 0.3) is 0 Å². The van der Waals surface area contributed by atoms with E-state index in [0.29, 0.717) is 0 Å². The van der Waals surface area contributed by atoms with Gasteiger partial charge >= 0.3 is 0 Å². The summed E-state index contributed by atoms with van der Waals surface area (Å²) in [4.78, 5) is 2.35. The molecule has 1 N–H and O–H groups in total.